The summed E-state index contributed by atoms with van der Waals surface area (Å²) < 4.78 is 0. The molecule has 6 nitrogen and oxygen atoms in total. The Morgan fingerprint density at radius 2 is 1.79 bits per heavy atom. The van der Waals surface area contributed by atoms with Crippen LogP contribution in [0.25, 0.3) is 0 Å². The van der Waals surface area contributed by atoms with Crippen molar-refractivity contribution in [1.29, 1.82) is 0 Å². The first-order chi connectivity index (χ1) is 16.3. The third-order valence-corrected chi connectivity index (χ3v) is 6.76. The van der Waals surface area contributed by atoms with Gasteiger partial charge in [-0.3, -0.25) is 9.59 Å². The number of benzene rings is 1. The van der Waals surface area contributed by atoms with Gasteiger partial charge in [-0.25, -0.2) is 4.98 Å². The molecule has 0 saturated carbocycles. The van der Waals surface area contributed by atoms with E-state index in [2.05, 4.69) is 65.6 Å². The summed E-state index contributed by atoms with van der Waals surface area (Å²) in [6.45, 7) is 12.0. The second-order valence-electron chi connectivity index (χ2n) is 9.31. The second-order valence-corrected chi connectivity index (χ2v) is 9.31. The minimum Gasteiger partial charge on any atom is -0.372 e. The molecule has 1 aliphatic carbocycles. The van der Waals surface area contributed by atoms with E-state index < -0.39 is 5.92 Å². The van der Waals surface area contributed by atoms with Crippen LogP contribution >= 0.6 is 0 Å². The molecular weight excluding hydrogens is 424 g/mol. The minimum atomic E-state index is -0.410. The highest BCUT2D eigenvalue weighted by Gasteiger charge is 2.39. The number of anilines is 2. The normalized spacial score (nSPS) is 20.1. The van der Waals surface area contributed by atoms with Gasteiger partial charge in [-0.15, -0.1) is 0 Å². The standard InChI is InChI=1S/C28H34N4O2/c1-6-32(7-2)21-13-11-20(12-14-21)26-25(28(34)31-24-10-8-9-18(4)29-24)19(5)30-22-15-17(3)16-23(33)27(22)26/h8-14,17,26,30H,6-7,15-16H2,1-5H3,(H,29,31,34). The molecular formula is C28H34N4O2. The molecule has 6 heteroatoms. The number of amides is 1. The van der Waals surface area contributed by atoms with Gasteiger partial charge in [-0.1, -0.05) is 25.1 Å². The van der Waals surface area contributed by atoms with E-state index in [9.17, 15) is 9.59 Å². The molecule has 1 aromatic heterocycles. The molecule has 0 saturated heterocycles. The van der Waals surface area contributed by atoms with E-state index in [1.54, 1.807) is 6.07 Å². The Morgan fingerprint density at radius 1 is 1.09 bits per heavy atom. The van der Waals surface area contributed by atoms with Crippen molar-refractivity contribution in [3.63, 3.8) is 0 Å². The monoisotopic (exact) mass is 458 g/mol. The van der Waals surface area contributed by atoms with Crippen molar-refractivity contribution in [2.45, 2.75) is 53.4 Å². The lowest BCUT2D eigenvalue weighted by Crippen LogP contribution is -2.37. The van der Waals surface area contributed by atoms with Crippen molar-refractivity contribution in [2.24, 2.45) is 5.92 Å². The molecule has 2 aliphatic rings. The van der Waals surface area contributed by atoms with Crippen molar-refractivity contribution < 1.29 is 9.59 Å². The number of aromatic nitrogens is 1. The summed E-state index contributed by atoms with van der Waals surface area (Å²) in [5, 5.41) is 6.36. The fraction of sp³-hybridized carbons (Fsp3) is 0.393. The number of ketones is 1. The molecule has 1 aromatic carbocycles. The molecule has 1 amide bonds. The van der Waals surface area contributed by atoms with E-state index >= 15 is 0 Å². The number of hydrogen-bond acceptors (Lipinski definition) is 5. The third kappa shape index (κ3) is 4.63. The molecule has 0 fully saturated rings. The van der Waals surface area contributed by atoms with Crippen LogP contribution in [0.1, 0.15) is 57.7 Å². The van der Waals surface area contributed by atoms with Gasteiger partial charge < -0.3 is 15.5 Å². The zero-order chi connectivity index (χ0) is 24.4. The molecule has 1 aliphatic heterocycles. The van der Waals surface area contributed by atoms with Crippen LogP contribution in [0.5, 0.6) is 0 Å². The number of dihydropyridines is 1. The SMILES string of the molecule is CCN(CC)c1ccc(C2C(C(=O)Nc3cccc(C)n3)=C(C)NC3=C2C(=O)CC(C)C3)cc1. The summed E-state index contributed by atoms with van der Waals surface area (Å²) in [7, 11) is 0. The number of rotatable bonds is 6. The maximum Gasteiger partial charge on any atom is 0.255 e. The Kier molecular flexibility index (Phi) is 6.87. The van der Waals surface area contributed by atoms with Crippen LogP contribution in [0.2, 0.25) is 0 Å². The van der Waals surface area contributed by atoms with Gasteiger partial charge in [0.15, 0.2) is 5.78 Å². The molecule has 2 atom stereocenters. The van der Waals surface area contributed by atoms with E-state index in [0.29, 0.717) is 17.8 Å². The van der Waals surface area contributed by atoms with Gasteiger partial charge in [0.1, 0.15) is 5.82 Å². The predicted octanol–water partition coefficient (Wildman–Crippen LogP) is 5.09. The Labute approximate surface area is 202 Å². The van der Waals surface area contributed by atoms with Crippen LogP contribution in [-0.2, 0) is 9.59 Å². The topological polar surface area (TPSA) is 74.3 Å². The molecule has 0 spiro atoms. The van der Waals surface area contributed by atoms with Crippen molar-refractivity contribution in [2.75, 3.05) is 23.3 Å². The number of hydrogen-bond donors (Lipinski definition) is 2. The molecule has 2 heterocycles. The lowest BCUT2D eigenvalue weighted by molar-refractivity contribution is -0.117. The molecule has 34 heavy (non-hydrogen) atoms. The van der Waals surface area contributed by atoms with Gasteiger partial charge in [0, 0.05) is 59.3 Å². The van der Waals surface area contributed by atoms with E-state index in [4.69, 9.17) is 0 Å². The number of aryl methyl sites for hydroxylation is 1. The number of allylic oxidation sites excluding steroid dienone is 3. The lowest BCUT2D eigenvalue weighted by atomic mass is 9.73. The summed E-state index contributed by atoms with van der Waals surface area (Å²) in [5.41, 5.74) is 5.94. The fourth-order valence-corrected chi connectivity index (χ4v) is 5.13. The summed E-state index contributed by atoms with van der Waals surface area (Å²) in [4.78, 5) is 33.6. The van der Waals surface area contributed by atoms with E-state index in [-0.39, 0.29) is 17.6 Å². The second kappa shape index (κ2) is 9.84. The van der Waals surface area contributed by atoms with Gasteiger partial charge >= 0.3 is 0 Å². The van der Waals surface area contributed by atoms with Crippen LogP contribution in [0.4, 0.5) is 11.5 Å². The Hall–Kier alpha value is -3.41. The minimum absolute atomic E-state index is 0.116. The Balaban J connectivity index is 1.77. The maximum atomic E-state index is 13.6. The highest BCUT2D eigenvalue weighted by molar-refractivity contribution is 6.09. The molecule has 4 rings (SSSR count). The van der Waals surface area contributed by atoms with Crippen molar-refractivity contribution in [3.05, 3.63) is 76.3 Å². The lowest BCUT2D eigenvalue weighted by Gasteiger charge is -2.36. The average Bonchev–Trinajstić information content (AvgIpc) is 2.79. The van der Waals surface area contributed by atoms with E-state index in [0.717, 1.165) is 53.4 Å². The number of carbonyl (C=O) groups is 2. The quantitative estimate of drug-likeness (QED) is 0.631. The van der Waals surface area contributed by atoms with Crippen LogP contribution < -0.4 is 15.5 Å². The van der Waals surface area contributed by atoms with Crippen LogP contribution in [0.15, 0.2) is 65.0 Å². The summed E-state index contributed by atoms with van der Waals surface area (Å²) in [6, 6.07) is 13.8. The first-order valence-electron chi connectivity index (χ1n) is 12.2. The molecule has 0 bridgehead atoms. The largest absolute Gasteiger partial charge is 0.372 e. The van der Waals surface area contributed by atoms with Crippen molar-refractivity contribution in [3.8, 4) is 0 Å². The van der Waals surface area contributed by atoms with Gasteiger partial charge in [0.05, 0.1) is 0 Å². The van der Waals surface area contributed by atoms with Gasteiger partial charge in [-0.05, 0) is 69.9 Å². The zero-order valence-electron chi connectivity index (χ0n) is 20.7. The number of nitrogens with one attached hydrogen (secondary N) is 2. The van der Waals surface area contributed by atoms with Crippen LogP contribution in [0, 0.1) is 12.8 Å². The molecule has 2 aromatic rings. The summed E-state index contributed by atoms with van der Waals surface area (Å²) >= 11 is 0. The first kappa shape index (κ1) is 23.7. The Morgan fingerprint density at radius 3 is 2.44 bits per heavy atom. The smallest absolute Gasteiger partial charge is 0.255 e. The fourth-order valence-electron chi connectivity index (χ4n) is 5.13. The van der Waals surface area contributed by atoms with Crippen molar-refractivity contribution in [1.82, 2.24) is 10.3 Å². The number of nitrogens with zero attached hydrogens (tertiary/aromatic N) is 2. The van der Waals surface area contributed by atoms with Gasteiger partial charge in [0.2, 0.25) is 0 Å². The van der Waals surface area contributed by atoms with E-state index in [1.807, 2.05) is 26.0 Å². The van der Waals surface area contributed by atoms with E-state index in [1.165, 1.54) is 0 Å². The number of Topliss-reactive ketones (excluding diaryl/α,β-unsaturated/α-hetero) is 1. The average molecular weight is 459 g/mol. The maximum absolute atomic E-state index is 13.6. The van der Waals surface area contributed by atoms with Gasteiger partial charge in [0.25, 0.3) is 5.91 Å². The van der Waals surface area contributed by atoms with Crippen LogP contribution in [0.3, 0.4) is 0 Å². The molecule has 178 valence electrons. The first-order valence-corrected chi connectivity index (χ1v) is 12.2. The van der Waals surface area contributed by atoms with Crippen molar-refractivity contribution >= 4 is 23.2 Å². The highest BCUT2D eigenvalue weighted by atomic mass is 16.2. The molecule has 0 radical (unpaired) electrons. The summed E-state index contributed by atoms with van der Waals surface area (Å²) in [5.74, 6) is 0.254. The van der Waals surface area contributed by atoms with Gasteiger partial charge in [-0.2, -0.15) is 0 Å². The third-order valence-electron chi connectivity index (χ3n) is 6.76. The predicted molar refractivity (Wildman–Crippen MR) is 137 cm³/mol. The van der Waals surface area contributed by atoms with Crippen LogP contribution in [-0.4, -0.2) is 29.8 Å². The molecule has 2 N–H and O–H groups in total. The summed E-state index contributed by atoms with van der Waals surface area (Å²) in [6.07, 6.45) is 1.31. The number of pyridine rings is 1. The molecule has 2 unspecified atom stereocenters. The Bertz CT molecular complexity index is 1160. The zero-order valence-corrected chi connectivity index (χ0v) is 20.7. The number of carbonyl (C=O) groups excluding carboxylic acids is 2. The highest BCUT2D eigenvalue weighted by Crippen LogP contribution is 2.43.